The van der Waals surface area contributed by atoms with Gasteiger partial charge in [-0.15, -0.1) is 0 Å². The van der Waals surface area contributed by atoms with Gasteiger partial charge in [0.2, 0.25) is 0 Å². The van der Waals surface area contributed by atoms with Crippen LogP contribution in [0.2, 0.25) is 5.02 Å². The van der Waals surface area contributed by atoms with E-state index in [-0.39, 0.29) is 11.7 Å². The number of benzene rings is 3. The Bertz CT molecular complexity index is 1380. The first-order valence-corrected chi connectivity index (χ1v) is 13.1. The Morgan fingerprint density at radius 1 is 1.00 bits per heavy atom. The van der Waals surface area contributed by atoms with Gasteiger partial charge in [-0.3, -0.25) is 5.10 Å². The molecule has 0 radical (unpaired) electrons. The summed E-state index contributed by atoms with van der Waals surface area (Å²) in [7, 11) is 0. The monoisotopic (exact) mass is 573 g/mol. The van der Waals surface area contributed by atoms with Gasteiger partial charge in [-0.1, -0.05) is 66.2 Å². The van der Waals surface area contributed by atoms with Crippen LogP contribution < -0.4 is 0 Å². The van der Waals surface area contributed by atoms with Gasteiger partial charge in [-0.05, 0) is 60.8 Å². The fraction of sp³-hybridized carbons (Fsp3) is 0.267. The number of nitrogens with zero attached hydrogens (tertiary/aromatic N) is 2. The number of halogens is 5. The van der Waals surface area contributed by atoms with Crippen molar-refractivity contribution < 1.29 is 27.5 Å². The number of carboxylic acids is 1. The first kappa shape index (κ1) is 29.3. The van der Waals surface area contributed by atoms with E-state index in [4.69, 9.17) is 21.5 Å². The Hall–Kier alpha value is -3.69. The molecule has 0 aliphatic carbocycles. The van der Waals surface area contributed by atoms with Gasteiger partial charge >= 0.3 is 12.1 Å². The third kappa shape index (κ3) is 7.92. The molecule has 0 spiro atoms. The van der Waals surface area contributed by atoms with Crippen LogP contribution in [0.4, 0.5) is 17.6 Å². The smallest absolute Gasteiger partial charge is 0.475 e. The van der Waals surface area contributed by atoms with E-state index in [0.29, 0.717) is 10.9 Å². The number of aliphatic carboxylic acids is 1. The van der Waals surface area contributed by atoms with E-state index in [1.807, 2.05) is 36.4 Å². The van der Waals surface area contributed by atoms with Gasteiger partial charge < -0.3 is 10.0 Å². The van der Waals surface area contributed by atoms with Gasteiger partial charge in [0.1, 0.15) is 5.82 Å². The Kier molecular flexibility index (Phi) is 9.60. The summed E-state index contributed by atoms with van der Waals surface area (Å²) in [6, 6.07) is 27.6. The third-order valence-corrected chi connectivity index (χ3v) is 7.19. The highest BCUT2D eigenvalue weighted by Gasteiger charge is 2.38. The lowest BCUT2D eigenvalue weighted by atomic mass is 9.78. The molecule has 1 aliphatic heterocycles. The maximum absolute atomic E-state index is 13.6. The average molecular weight is 574 g/mol. The lowest BCUT2D eigenvalue weighted by molar-refractivity contribution is -0.192. The van der Waals surface area contributed by atoms with Crippen LogP contribution in [0.5, 0.6) is 0 Å². The molecule has 0 amide bonds. The largest absolute Gasteiger partial charge is 0.490 e. The van der Waals surface area contributed by atoms with Gasteiger partial charge in [0.25, 0.3) is 0 Å². The van der Waals surface area contributed by atoms with Crippen LogP contribution in [0.1, 0.15) is 35.1 Å². The van der Waals surface area contributed by atoms with Gasteiger partial charge in [0.05, 0.1) is 5.69 Å². The van der Waals surface area contributed by atoms with Gasteiger partial charge in [0.15, 0.2) is 0 Å². The zero-order valence-corrected chi connectivity index (χ0v) is 22.2. The van der Waals surface area contributed by atoms with E-state index < -0.39 is 12.1 Å². The molecule has 2 N–H and O–H groups in total. The molecule has 4 aromatic rings. The zero-order chi connectivity index (χ0) is 28.7. The lowest BCUT2D eigenvalue weighted by Crippen LogP contribution is -2.39. The molecule has 0 bridgehead atoms. The number of carboxylic acid groups (broad SMARTS) is 1. The summed E-state index contributed by atoms with van der Waals surface area (Å²) >= 11 is 6.04. The summed E-state index contributed by atoms with van der Waals surface area (Å²) in [4.78, 5) is 11.4. The van der Waals surface area contributed by atoms with E-state index in [1.54, 1.807) is 12.1 Å². The van der Waals surface area contributed by atoms with Crippen molar-refractivity contribution in [2.45, 2.75) is 30.9 Å². The fourth-order valence-corrected chi connectivity index (χ4v) is 5.00. The topological polar surface area (TPSA) is 69.2 Å². The third-order valence-electron chi connectivity index (χ3n) is 6.93. The second-order valence-corrected chi connectivity index (χ2v) is 10.0. The molecule has 1 fully saturated rings. The Morgan fingerprint density at radius 3 is 2.27 bits per heavy atom. The number of hydrogen-bond acceptors (Lipinski definition) is 3. The molecule has 5 rings (SSSR count). The molecule has 1 saturated heterocycles. The van der Waals surface area contributed by atoms with E-state index in [9.17, 15) is 17.6 Å². The number of rotatable bonds is 6. The number of alkyl halides is 3. The van der Waals surface area contributed by atoms with E-state index in [2.05, 4.69) is 51.5 Å². The van der Waals surface area contributed by atoms with Gasteiger partial charge in [-0.25, -0.2) is 9.18 Å². The average Bonchev–Trinajstić information content (AvgIpc) is 3.43. The minimum Gasteiger partial charge on any atom is -0.475 e. The highest BCUT2D eigenvalue weighted by molar-refractivity contribution is 6.30. The van der Waals surface area contributed by atoms with Crippen molar-refractivity contribution in [2.75, 3.05) is 19.6 Å². The molecule has 2 heterocycles. The number of nitrogens with one attached hydrogen (secondary N) is 1. The summed E-state index contributed by atoms with van der Waals surface area (Å²) in [5.74, 6) is -2.38. The number of likely N-dealkylation sites (tertiary alicyclic amines) is 1. The summed E-state index contributed by atoms with van der Waals surface area (Å²) in [5.41, 5.74) is 5.64. The molecule has 40 heavy (non-hydrogen) atoms. The predicted octanol–water partition coefficient (Wildman–Crippen LogP) is 7.32. The molecule has 5 nitrogen and oxygen atoms in total. The second-order valence-electron chi connectivity index (χ2n) is 9.61. The highest BCUT2D eigenvalue weighted by Crippen LogP contribution is 2.40. The maximum Gasteiger partial charge on any atom is 0.490 e. The molecule has 0 unspecified atom stereocenters. The molecule has 0 saturated carbocycles. The molecule has 2 atom stereocenters. The minimum absolute atomic E-state index is 0.196. The molecular weight excluding hydrogens is 546 g/mol. The molecule has 1 aliphatic rings. The number of aromatic nitrogens is 2. The van der Waals surface area contributed by atoms with Crippen LogP contribution >= 0.6 is 11.6 Å². The van der Waals surface area contributed by atoms with Crippen molar-refractivity contribution in [2.24, 2.45) is 0 Å². The fourth-order valence-electron chi connectivity index (χ4n) is 4.87. The Morgan fingerprint density at radius 2 is 1.65 bits per heavy atom. The SMILES string of the molecule is Fc1ccc([C@H]2CN(CCc3ccccc3)CC[C@H]2c2cc(-c3ccc(Cl)cc3)n[nH]2)cc1.O=C(O)C(F)(F)F. The summed E-state index contributed by atoms with van der Waals surface area (Å²) in [6.07, 6.45) is -3.02. The van der Waals surface area contributed by atoms with E-state index in [0.717, 1.165) is 49.4 Å². The quantitative estimate of drug-likeness (QED) is 0.237. The Balaban J connectivity index is 0.000000470. The second kappa shape index (κ2) is 13.1. The number of H-pyrrole nitrogens is 1. The summed E-state index contributed by atoms with van der Waals surface area (Å²) < 4.78 is 45.4. The molecule has 210 valence electrons. The molecular formula is C30H28ClF4N3O2. The maximum atomic E-state index is 13.6. The van der Waals surface area contributed by atoms with Crippen molar-refractivity contribution >= 4 is 17.6 Å². The standard InChI is InChI=1S/C28H27ClFN3.C2HF3O2/c29-23-10-6-22(7-11-23)27-18-28(32-31-27)25-15-17-33(16-14-20-4-2-1-3-5-20)19-26(25)21-8-12-24(30)13-9-21;3-2(4,5)1(6)7/h1-13,18,25-26H,14-17,19H2,(H,31,32);(H,6,7)/t25-,26-;/m1./s1. The zero-order valence-electron chi connectivity index (χ0n) is 21.4. The number of hydrogen-bond donors (Lipinski definition) is 2. The van der Waals surface area contributed by atoms with Crippen LogP contribution in [0.25, 0.3) is 11.3 Å². The van der Waals surface area contributed by atoms with Gasteiger partial charge in [-0.2, -0.15) is 18.3 Å². The van der Waals surface area contributed by atoms with E-state index >= 15 is 0 Å². The van der Waals surface area contributed by atoms with Crippen LogP contribution in [0.3, 0.4) is 0 Å². The van der Waals surface area contributed by atoms with Crippen molar-refractivity contribution in [1.82, 2.24) is 15.1 Å². The predicted molar refractivity (Wildman–Crippen MR) is 146 cm³/mol. The summed E-state index contributed by atoms with van der Waals surface area (Å²) in [6.45, 7) is 3.00. The van der Waals surface area contributed by atoms with Gasteiger partial charge in [0, 0.05) is 41.2 Å². The number of carbonyl (C=O) groups is 1. The van der Waals surface area contributed by atoms with Crippen molar-refractivity contribution in [3.63, 3.8) is 0 Å². The van der Waals surface area contributed by atoms with Crippen LogP contribution in [0, 0.1) is 5.82 Å². The molecule has 1 aromatic heterocycles. The lowest BCUT2D eigenvalue weighted by Gasteiger charge is -2.38. The molecule has 10 heteroatoms. The van der Waals surface area contributed by atoms with Crippen LogP contribution in [-0.4, -0.2) is 52.0 Å². The first-order valence-electron chi connectivity index (χ1n) is 12.7. The number of aromatic amines is 1. The number of piperidine rings is 1. The van der Waals surface area contributed by atoms with Crippen LogP contribution in [0.15, 0.2) is 84.9 Å². The Labute approximate surface area is 234 Å². The highest BCUT2D eigenvalue weighted by atomic mass is 35.5. The van der Waals surface area contributed by atoms with Crippen molar-refractivity contribution in [3.05, 3.63) is 113 Å². The first-order chi connectivity index (χ1) is 19.1. The molecule has 3 aromatic carbocycles. The summed E-state index contributed by atoms with van der Waals surface area (Å²) in [5, 5.41) is 15.7. The van der Waals surface area contributed by atoms with Crippen molar-refractivity contribution in [3.8, 4) is 11.3 Å². The van der Waals surface area contributed by atoms with E-state index in [1.165, 1.54) is 11.1 Å². The minimum atomic E-state index is -5.08. The van der Waals surface area contributed by atoms with Crippen LogP contribution in [-0.2, 0) is 11.2 Å². The normalized spacial score (nSPS) is 17.6. The van der Waals surface area contributed by atoms with Crippen molar-refractivity contribution in [1.29, 1.82) is 0 Å².